The van der Waals surface area contributed by atoms with Crippen molar-refractivity contribution in [3.05, 3.63) is 52.7 Å². The molecule has 0 radical (unpaired) electrons. The molecule has 2 aliphatic rings. The molecular formula is C18H21N2OS+. The van der Waals surface area contributed by atoms with Gasteiger partial charge in [-0.2, -0.15) is 0 Å². The zero-order chi connectivity index (χ0) is 15.0. The fraction of sp³-hybridized carbons (Fsp3) is 0.389. The summed E-state index contributed by atoms with van der Waals surface area (Å²) in [5.41, 5.74) is 0.292. The molecule has 3 heterocycles. The molecule has 1 N–H and O–H groups in total. The molecule has 4 heteroatoms. The van der Waals surface area contributed by atoms with Gasteiger partial charge in [-0.05, 0) is 42.8 Å². The van der Waals surface area contributed by atoms with E-state index in [1.54, 1.807) is 11.3 Å². The Labute approximate surface area is 135 Å². The number of β-amino-alcohol motifs (C(OH)–C–C–N with tert-alkyl or cyclic N) is 1. The van der Waals surface area contributed by atoms with Crippen LogP contribution in [0.2, 0.25) is 0 Å². The molecule has 0 fully saturated rings. The zero-order valence-electron chi connectivity index (χ0n) is 12.6. The lowest BCUT2D eigenvalue weighted by Gasteiger charge is -2.21. The molecule has 0 bridgehead atoms. The highest BCUT2D eigenvalue weighted by atomic mass is 32.1. The summed E-state index contributed by atoms with van der Waals surface area (Å²) >= 11 is 1.65. The molecule has 0 aliphatic carbocycles. The van der Waals surface area contributed by atoms with Crippen LogP contribution in [0.3, 0.4) is 0 Å². The minimum Gasteiger partial charge on any atom is -0.346 e. The molecule has 2 aromatic rings. The highest BCUT2D eigenvalue weighted by Gasteiger charge is 2.52. The lowest BCUT2D eigenvalue weighted by molar-refractivity contribution is -0.657. The average molecular weight is 313 g/mol. The number of hydrogen-bond acceptors (Lipinski definition) is 3. The summed E-state index contributed by atoms with van der Waals surface area (Å²) in [6, 6.07) is 14.5. The molecule has 1 unspecified atom stereocenters. The quantitative estimate of drug-likeness (QED) is 0.860. The van der Waals surface area contributed by atoms with Gasteiger partial charge in [-0.3, -0.25) is 0 Å². The number of aliphatic hydroxyl groups is 1. The van der Waals surface area contributed by atoms with Crippen LogP contribution >= 0.6 is 11.3 Å². The maximum Gasteiger partial charge on any atom is 0.280 e. The number of thiophene rings is 1. The van der Waals surface area contributed by atoms with Crippen molar-refractivity contribution in [1.82, 2.24) is 0 Å². The van der Waals surface area contributed by atoms with E-state index in [1.807, 2.05) is 12.1 Å². The van der Waals surface area contributed by atoms with E-state index in [2.05, 4.69) is 45.2 Å². The summed E-state index contributed by atoms with van der Waals surface area (Å²) in [6.45, 7) is 1.56. The van der Waals surface area contributed by atoms with E-state index >= 15 is 0 Å². The molecule has 0 spiro atoms. The van der Waals surface area contributed by atoms with Crippen LogP contribution in [0.1, 0.15) is 30.6 Å². The Morgan fingerprint density at radius 1 is 1.05 bits per heavy atom. The van der Waals surface area contributed by atoms with E-state index in [4.69, 9.17) is 0 Å². The smallest absolute Gasteiger partial charge is 0.280 e. The predicted molar refractivity (Wildman–Crippen MR) is 90.6 cm³/mol. The predicted octanol–water partition coefficient (Wildman–Crippen LogP) is 3.40. The largest absolute Gasteiger partial charge is 0.346 e. The van der Waals surface area contributed by atoms with Crippen molar-refractivity contribution in [2.75, 3.05) is 18.0 Å². The lowest BCUT2D eigenvalue weighted by Crippen LogP contribution is -2.40. The van der Waals surface area contributed by atoms with Crippen LogP contribution in [0.15, 0.2) is 47.8 Å². The SMILES string of the molecule is OC1(c2cccs2)CN(c2ccccc2)C2=[N+]1CCCCC2. The van der Waals surface area contributed by atoms with Gasteiger partial charge in [-0.15, -0.1) is 11.3 Å². The molecule has 0 amide bonds. The van der Waals surface area contributed by atoms with E-state index in [0.29, 0.717) is 6.54 Å². The van der Waals surface area contributed by atoms with Gasteiger partial charge in [0.25, 0.3) is 11.6 Å². The summed E-state index contributed by atoms with van der Waals surface area (Å²) < 4.78 is 2.25. The molecular weight excluding hydrogens is 292 g/mol. The van der Waals surface area contributed by atoms with Gasteiger partial charge in [-0.1, -0.05) is 24.3 Å². The van der Waals surface area contributed by atoms with E-state index in [0.717, 1.165) is 24.3 Å². The number of anilines is 1. The van der Waals surface area contributed by atoms with Crippen molar-refractivity contribution in [3.8, 4) is 0 Å². The summed E-state index contributed by atoms with van der Waals surface area (Å²) in [6.07, 6.45) is 4.64. The lowest BCUT2D eigenvalue weighted by atomic mass is 10.1. The Hall–Kier alpha value is -1.65. The van der Waals surface area contributed by atoms with E-state index in [1.165, 1.54) is 24.4 Å². The number of benzene rings is 1. The zero-order valence-corrected chi connectivity index (χ0v) is 13.4. The molecule has 0 saturated carbocycles. The summed E-state index contributed by atoms with van der Waals surface area (Å²) in [5.74, 6) is 1.28. The van der Waals surface area contributed by atoms with E-state index in [9.17, 15) is 5.11 Å². The van der Waals surface area contributed by atoms with Crippen LogP contribution in [0.4, 0.5) is 5.69 Å². The fourth-order valence-corrected chi connectivity index (χ4v) is 4.46. The molecule has 2 aliphatic heterocycles. The minimum atomic E-state index is -0.885. The standard InChI is InChI=1S/C18H21N2OS/c21-18(16-10-7-13-22-16)14-19(15-8-3-1-4-9-15)17-11-5-2-6-12-20(17)18/h1,3-4,7-10,13,21H,2,5-6,11-12,14H2/q+1. The van der Waals surface area contributed by atoms with E-state index in [-0.39, 0.29) is 0 Å². The van der Waals surface area contributed by atoms with Gasteiger partial charge >= 0.3 is 0 Å². The van der Waals surface area contributed by atoms with Crippen molar-refractivity contribution >= 4 is 22.9 Å². The molecule has 114 valence electrons. The molecule has 1 atom stereocenters. The van der Waals surface area contributed by atoms with Crippen molar-refractivity contribution in [2.45, 2.75) is 31.4 Å². The first-order chi connectivity index (χ1) is 10.8. The highest BCUT2D eigenvalue weighted by Crippen LogP contribution is 2.36. The Bertz CT molecular complexity index is 680. The maximum absolute atomic E-state index is 11.5. The Morgan fingerprint density at radius 3 is 2.68 bits per heavy atom. The number of nitrogens with zero attached hydrogens (tertiary/aromatic N) is 2. The summed E-state index contributed by atoms with van der Waals surface area (Å²) in [5, 5.41) is 13.5. The van der Waals surface area contributed by atoms with Crippen LogP contribution in [-0.2, 0) is 5.72 Å². The minimum absolute atomic E-state index is 0.618. The second-order valence-corrected chi connectivity index (χ2v) is 7.04. The average Bonchev–Trinajstić information content (AvgIpc) is 3.10. The van der Waals surface area contributed by atoms with Crippen molar-refractivity contribution in [3.63, 3.8) is 0 Å². The highest BCUT2D eigenvalue weighted by molar-refractivity contribution is 7.10. The van der Waals surface area contributed by atoms with Gasteiger partial charge in [0.1, 0.15) is 5.69 Å². The number of para-hydroxylation sites is 1. The molecule has 0 saturated heterocycles. The van der Waals surface area contributed by atoms with Gasteiger partial charge in [-0.25, -0.2) is 9.48 Å². The molecule has 1 aromatic carbocycles. The van der Waals surface area contributed by atoms with Gasteiger partial charge in [0.15, 0.2) is 6.54 Å². The van der Waals surface area contributed by atoms with Crippen LogP contribution in [0.25, 0.3) is 0 Å². The Morgan fingerprint density at radius 2 is 1.91 bits per heavy atom. The van der Waals surface area contributed by atoms with E-state index < -0.39 is 5.72 Å². The van der Waals surface area contributed by atoms with Crippen LogP contribution in [-0.4, -0.2) is 28.6 Å². The Kier molecular flexibility index (Phi) is 3.51. The number of hydrogen-bond donors (Lipinski definition) is 1. The molecule has 22 heavy (non-hydrogen) atoms. The first-order valence-electron chi connectivity index (χ1n) is 8.01. The fourth-order valence-electron chi connectivity index (χ4n) is 3.64. The van der Waals surface area contributed by atoms with Gasteiger partial charge in [0.05, 0.1) is 11.4 Å². The molecule has 3 nitrogen and oxygen atoms in total. The topological polar surface area (TPSA) is 26.5 Å². The van der Waals surface area contributed by atoms with Crippen molar-refractivity contribution in [1.29, 1.82) is 0 Å². The normalized spacial score (nSPS) is 25.2. The second kappa shape index (κ2) is 5.52. The van der Waals surface area contributed by atoms with Gasteiger partial charge in [0.2, 0.25) is 0 Å². The van der Waals surface area contributed by atoms with Gasteiger partial charge < -0.3 is 5.11 Å². The van der Waals surface area contributed by atoms with Gasteiger partial charge in [0, 0.05) is 6.42 Å². The maximum atomic E-state index is 11.5. The first kappa shape index (κ1) is 14.0. The first-order valence-corrected chi connectivity index (χ1v) is 8.89. The summed E-state index contributed by atoms with van der Waals surface area (Å²) in [7, 11) is 0. The van der Waals surface area contributed by atoms with Crippen LogP contribution in [0, 0.1) is 0 Å². The van der Waals surface area contributed by atoms with Crippen LogP contribution < -0.4 is 4.90 Å². The van der Waals surface area contributed by atoms with Crippen LogP contribution in [0.5, 0.6) is 0 Å². The van der Waals surface area contributed by atoms with Crippen molar-refractivity contribution < 1.29 is 9.68 Å². The third-order valence-electron chi connectivity index (χ3n) is 4.71. The molecule has 1 aromatic heterocycles. The molecule has 4 rings (SSSR count). The number of rotatable bonds is 2. The Balaban J connectivity index is 1.81. The monoisotopic (exact) mass is 313 g/mol. The third kappa shape index (κ3) is 2.18. The summed E-state index contributed by atoms with van der Waals surface area (Å²) in [4.78, 5) is 3.36. The third-order valence-corrected chi connectivity index (χ3v) is 5.72. The second-order valence-electron chi connectivity index (χ2n) is 6.09. The number of amidine groups is 1. The van der Waals surface area contributed by atoms with Crippen molar-refractivity contribution in [2.24, 2.45) is 0 Å².